The quantitative estimate of drug-likeness (QED) is 0.315. The summed E-state index contributed by atoms with van der Waals surface area (Å²) in [6, 6.07) is 7.31. The fraction of sp³-hybridized carbons (Fsp3) is 0.444. The van der Waals surface area contributed by atoms with Crippen LogP contribution in [0.25, 0.3) is 0 Å². The van der Waals surface area contributed by atoms with E-state index in [0.717, 1.165) is 31.0 Å². The maximum atomic E-state index is 12.3. The van der Waals surface area contributed by atoms with Gasteiger partial charge >= 0.3 is 6.18 Å². The number of aliphatic imine (C=N–C) groups is 1. The maximum absolute atomic E-state index is 12.3. The largest absolute Gasteiger partial charge is 0.468 e. The summed E-state index contributed by atoms with van der Waals surface area (Å²) in [6.07, 6.45) is -2.05. The lowest BCUT2D eigenvalue weighted by atomic mass is 10.3. The average Bonchev–Trinajstić information content (AvgIpc) is 3.15. The molecule has 0 amide bonds. The topological polar surface area (TPSA) is 49.8 Å². The van der Waals surface area contributed by atoms with Crippen molar-refractivity contribution in [3.8, 4) is 5.88 Å². The van der Waals surface area contributed by atoms with Gasteiger partial charge in [-0.05, 0) is 36.4 Å². The van der Waals surface area contributed by atoms with Gasteiger partial charge in [-0.25, -0.2) is 9.98 Å². The number of aromatic nitrogens is 1. The molecule has 0 saturated heterocycles. The van der Waals surface area contributed by atoms with Crippen molar-refractivity contribution >= 4 is 41.3 Å². The highest BCUT2D eigenvalue weighted by atomic mass is 127. The second-order valence-corrected chi connectivity index (χ2v) is 6.86. The smallest absolute Gasteiger partial charge is 0.422 e. The standard InChI is InChI=1S/C18H23F3N4OS.HI/c1-3-22-17(25(2)9-7-15-5-4-10-27-15)24-12-14-6-8-23-16(11-14)26-13-18(19,20)21;/h4-6,8,10-11H,3,7,9,12-13H2,1-2H3,(H,22,24);1H. The van der Waals surface area contributed by atoms with Crippen molar-refractivity contribution in [2.24, 2.45) is 4.99 Å². The number of halogens is 4. The minimum atomic E-state index is -4.39. The van der Waals surface area contributed by atoms with Gasteiger partial charge in [0, 0.05) is 37.3 Å². The summed E-state index contributed by atoms with van der Waals surface area (Å²) >= 11 is 1.72. The zero-order valence-corrected chi connectivity index (χ0v) is 18.8. The molecule has 28 heavy (non-hydrogen) atoms. The zero-order valence-electron chi connectivity index (χ0n) is 15.7. The van der Waals surface area contributed by atoms with Crippen molar-refractivity contribution in [1.82, 2.24) is 15.2 Å². The van der Waals surface area contributed by atoms with Crippen LogP contribution >= 0.6 is 35.3 Å². The van der Waals surface area contributed by atoms with Crippen LogP contribution in [-0.4, -0.2) is 48.8 Å². The fourth-order valence-corrected chi connectivity index (χ4v) is 2.96. The molecule has 0 aliphatic carbocycles. The molecule has 10 heteroatoms. The predicted octanol–water partition coefficient (Wildman–Crippen LogP) is 4.34. The number of rotatable bonds is 8. The number of alkyl halides is 3. The van der Waals surface area contributed by atoms with E-state index >= 15 is 0 Å². The summed E-state index contributed by atoms with van der Waals surface area (Å²) in [5.74, 6) is 0.680. The number of hydrogen-bond acceptors (Lipinski definition) is 4. The number of nitrogens with zero attached hydrogens (tertiary/aromatic N) is 3. The number of nitrogens with one attached hydrogen (secondary N) is 1. The maximum Gasteiger partial charge on any atom is 0.422 e. The van der Waals surface area contributed by atoms with Crippen LogP contribution in [0.15, 0.2) is 40.8 Å². The van der Waals surface area contributed by atoms with Crippen LogP contribution in [0.1, 0.15) is 17.4 Å². The molecule has 2 aromatic rings. The van der Waals surface area contributed by atoms with Crippen molar-refractivity contribution in [3.63, 3.8) is 0 Å². The van der Waals surface area contributed by atoms with E-state index in [0.29, 0.717) is 6.54 Å². The second-order valence-electron chi connectivity index (χ2n) is 5.83. The molecule has 0 saturated carbocycles. The molecular weight excluding hydrogens is 504 g/mol. The van der Waals surface area contributed by atoms with E-state index in [9.17, 15) is 13.2 Å². The van der Waals surface area contributed by atoms with Gasteiger partial charge in [0.1, 0.15) is 0 Å². The Morgan fingerprint density at radius 1 is 1.36 bits per heavy atom. The second kappa shape index (κ2) is 12.1. The first-order chi connectivity index (χ1) is 12.9. The third-order valence-corrected chi connectivity index (χ3v) is 4.50. The van der Waals surface area contributed by atoms with E-state index in [1.165, 1.54) is 17.1 Å². The first-order valence-corrected chi connectivity index (χ1v) is 9.41. The van der Waals surface area contributed by atoms with Gasteiger partial charge in [0.15, 0.2) is 12.6 Å². The minimum absolute atomic E-state index is 0. The summed E-state index contributed by atoms with van der Waals surface area (Å²) in [7, 11) is 1.96. The molecule has 0 aliphatic rings. The van der Waals surface area contributed by atoms with Crippen LogP contribution in [0.4, 0.5) is 13.2 Å². The monoisotopic (exact) mass is 528 g/mol. The molecule has 0 spiro atoms. The Morgan fingerprint density at radius 3 is 2.79 bits per heavy atom. The lowest BCUT2D eigenvalue weighted by molar-refractivity contribution is -0.154. The van der Waals surface area contributed by atoms with Gasteiger partial charge in [-0.1, -0.05) is 6.07 Å². The van der Waals surface area contributed by atoms with Gasteiger partial charge in [0.2, 0.25) is 5.88 Å². The number of guanidine groups is 1. The zero-order chi connectivity index (χ0) is 19.7. The van der Waals surface area contributed by atoms with Gasteiger partial charge < -0.3 is 15.0 Å². The summed E-state index contributed by atoms with van der Waals surface area (Å²) in [4.78, 5) is 11.7. The van der Waals surface area contributed by atoms with Crippen LogP contribution < -0.4 is 10.1 Å². The highest BCUT2D eigenvalue weighted by molar-refractivity contribution is 14.0. The Morgan fingerprint density at radius 2 is 2.14 bits per heavy atom. The first-order valence-electron chi connectivity index (χ1n) is 8.53. The lowest BCUT2D eigenvalue weighted by Gasteiger charge is -2.21. The molecule has 0 aromatic carbocycles. The molecular formula is C18H24F3IN4OS. The molecule has 0 unspecified atom stereocenters. The molecule has 0 radical (unpaired) electrons. The number of likely N-dealkylation sites (N-methyl/N-ethyl adjacent to an activating group) is 1. The summed E-state index contributed by atoms with van der Waals surface area (Å²) in [6.45, 7) is 2.47. The number of thiophene rings is 1. The van der Waals surface area contributed by atoms with Crippen LogP contribution in [-0.2, 0) is 13.0 Å². The van der Waals surface area contributed by atoms with Crippen molar-refractivity contribution in [3.05, 3.63) is 46.3 Å². The molecule has 2 heterocycles. The van der Waals surface area contributed by atoms with Gasteiger partial charge in [0.05, 0.1) is 6.54 Å². The normalized spacial score (nSPS) is 11.7. The van der Waals surface area contributed by atoms with Gasteiger partial charge in [-0.15, -0.1) is 35.3 Å². The minimum Gasteiger partial charge on any atom is -0.468 e. The Bertz CT molecular complexity index is 726. The van der Waals surface area contributed by atoms with Gasteiger partial charge in [-0.3, -0.25) is 0 Å². The number of ether oxygens (including phenoxy) is 1. The van der Waals surface area contributed by atoms with E-state index in [-0.39, 0.29) is 29.9 Å². The van der Waals surface area contributed by atoms with E-state index in [1.807, 2.05) is 24.9 Å². The van der Waals surface area contributed by atoms with E-state index in [4.69, 9.17) is 0 Å². The molecule has 1 N–H and O–H groups in total. The van der Waals surface area contributed by atoms with Gasteiger partial charge in [-0.2, -0.15) is 13.2 Å². The summed E-state index contributed by atoms with van der Waals surface area (Å²) in [5.41, 5.74) is 0.726. The molecule has 2 aromatic heterocycles. The molecule has 0 fully saturated rings. The average molecular weight is 528 g/mol. The summed E-state index contributed by atoms with van der Waals surface area (Å²) in [5, 5.41) is 5.28. The molecule has 0 atom stereocenters. The Hall–Kier alpha value is -1.56. The van der Waals surface area contributed by atoms with E-state index in [1.54, 1.807) is 17.4 Å². The number of pyridine rings is 1. The molecule has 156 valence electrons. The molecule has 5 nitrogen and oxygen atoms in total. The van der Waals surface area contributed by atoms with Crippen molar-refractivity contribution in [2.45, 2.75) is 26.1 Å². The molecule has 0 aliphatic heterocycles. The van der Waals surface area contributed by atoms with Crippen LogP contribution in [0.2, 0.25) is 0 Å². The van der Waals surface area contributed by atoms with Crippen LogP contribution in [0.3, 0.4) is 0 Å². The highest BCUT2D eigenvalue weighted by Gasteiger charge is 2.28. The number of hydrogen-bond donors (Lipinski definition) is 1. The third-order valence-electron chi connectivity index (χ3n) is 3.56. The SMILES string of the molecule is CCNC(=NCc1ccnc(OCC(F)(F)F)c1)N(C)CCc1cccs1.I. The third kappa shape index (κ3) is 9.09. The highest BCUT2D eigenvalue weighted by Crippen LogP contribution is 2.18. The fourth-order valence-electron chi connectivity index (χ4n) is 2.26. The van der Waals surface area contributed by atoms with Crippen LogP contribution in [0, 0.1) is 0 Å². The predicted molar refractivity (Wildman–Crippen MR) is 117 cm³/mol. The summed E-state index contributed by atoms with van der Waals surface area (Å²) < 4.78 is 41.5. The van der Waals surface area contributed by atoms with Crippen molar-refractivity contribution in [1.29, 1.82) is 0 Å². The van der Waals surface area contributed by atoms with E-state index in [2.05, 4.69) is 31.5 Å². The first kappa shape index (κ1) is 24.5. The molecule has 2 rings (SSSR count). The van der Waals surface area contributed by atoms with E-state index < -0.39 is 12.8 Å². The van der Waals surface area contributed by atoms with Crippen molar-refractivity contribution in [2.75, 3.05) is 26.7 Å². The lowest BCUT2D eigenvalue weighted by Crippen LogP contribution is -2.39. The van der Waals surface area contributed by atoms with Gasteiger partial charge in [0.25, 0.3) is 0 Å². The Labute approximate surface area is 184 Å². The molecule has 0 bridgehead atoms. The Kier molecular flexibility index (Phi) is 10.6. The van der Waals surface area contributed by atoms with Crippen molar-refractivity contribution < 1.29 is 17.9 Å². The Balaban J connectivity index is 0.00000392. The van der Waals surface area contributed by atoms with Crippen LogP contribution in [0.5, 0.6) is 5.88 Å².